The third-order valence-electron chi connectivity index (χ3n) is 4.89. The molecule has 1 aromatic rings. The van der Waals surface area contributed by atoms with Crippen molar-refractivity contribution in [2.45, 2.75) is 84.4 Å². The summed E-state index contributed by atoms with van der Waals surface area (Å²) in [6, 6.07) is 13.4. The molecule has 164 valence electrons. The van der Waals surface area contributed by atoms with Gasteiger partial charge in [0.15, 0.2) is 0 Å². The van der Waals surface area contributed by atoms with Crippen LogP contribution in [0.25, 0.3) is 6.08 Å². The van der Waals surface area contributed by atoms with Gasteiger partial charge in [0.2, 0.25) is 0 Å². The molecule has 1 aliphatic rings. The van der Waals surface area contributed by atoms with Gasteiger partial charge in [-0.05, 0) is 55.6 Å². The summed E-state index contributed by atoms with van der Waals surface area (Å²) in [7, 11) is -9.77. The first-order valence-corrected chi connectivity index (χ1v) is 21.1. The molecule has 0 unspecified atom stereocenters. The van der Waals surface area contributed by atoms with Gasteiger partial charge in [-0.25, -0.2) is 0 Å². The minimum Gasteiger partial charge on any atom is -0.416 e. The number of hydrogen-bond acceptors (Lipinski definition) is 4. The molecular formula is C21H40O4Si4. The van der Waals surface area contributed by atoms with Gasteiger partial charge in [-0.1, -0.05) is 76.4 Å². The highest BCUT2D eigenvalue weighted by Gasteiger charge is 2.55. The van der Waals surface area contributed by atoms with Gasteiger partial charge in [0.1, 0.15) is 0 Å². The maximum atomic E-state index is 6.95. The second-order valence-electron chi connectivity index (χ2n) is 8.92. The summed E-state index contributed by atoms with van der Waals surface area (Å²) in [5.41, 5.74) is 3.40. The first-order chi connectivity index (χ1) is 13.6. The van der Waals surface area contributed by atoms with E-state index in [1.54, 1.807) is 0 Å². The van der Waals surface area contributed by atoms with Crippen molar-refractivity contribution in [3.8, 4) is 0 Å². The monoisotopic (exact) mass is 468 g/mol. The van der Waals surface area contributed by atoms with Crippen molar-refractivity contribution in [1.82, 2.24) is 0 Å². The molecule has 0 spiro atoms. The Kier molecular flexibility index (Phi) is 8.87. The SMILES string of the molecule is CCC[Si]1(C=Cc2ccccc2)O[Si](C)(C)O[Si](CCC)(CCC)O[Si](C)(C)O1. The fourth-order valence-corrected chi connectivity index (χ4v) is 26.4. The topological polar surface area (TPSA) is 36.9 Å². The van der Waals surface area contributed by atoms with Gasteiger partial charge in [0, 0.05) is 0 Å². The molecule has 0 bridgehead atoms. The van der Waals surface area contributed by atoms with Crippen LogP contribution < -0.4 is 0 Å². The first-order valence-electron chi connectivity index (χ1n) is 11.1. The molecule has 0 saturated carbocycles. The summed E-state index contributed by atoms with van der Waals surface area (Å²) < 4.78 is 27.7. The zero-order valence-electron chi connectivity index (χ0n) is 19.4. The summed E-state index contributed by atoms with van der Waals surface area (Å²) in [4.78, 5) is 0. The Morgan fingerprint density at radius 3 is 1.62 bits per heavy atom. The smallest absolute Gasteiger partial charge is 0.347 e. The maximum absolute atomic E-state index is 6.95. The lowest BCUT2D eigenvalue weighted by Crippen LogP contribution is -2.67. The second-order valence-corrected chi connectivity index (χ2v) is 23.1. The number of hydrogen-bond donors (Lipinski definition) is 0. The Balaban J connectivity index is 2.43. The van der Waals surface area contributed by atoms with Gasteiger partial charge < -0.3 is 16.5 Å². The molecule has 0 amide bonds. The van der Waals surface area contributed by atoms with Crippen LogP contribution in [0, 0.1) is 0 Å². The molecule has 1 saturated heterocycles. The van der Waals surface area contributed by atoms with Crippen LogP contribution in [0.1, 0.15) is 45.6 Å². The van der Waals surface area contributed by atoms with Crippen molar-refractivity contribution in [3.63, 3.8) is 0 Å². The minimum absolute atomic E-state index is 0.923. The predicted octanol–water partition coefficient (Wildman–Crippen LogP) is 6.84. The quantitative estimate of drug-likeness (QED) is 0.391. The summed E-state index contributed by atoms with van der Waals surface area (Å²) in [6.07, 6.45) is 5.34. The molecule has 1 heterocycles. The fourth-order valence-electron chi connectivity index (χ4n) is 4.29. The highest BCUT2D eigenvalue weighted by atomic mass is 28.5. The van der Waals surface area contributed by atoms with E-state index in [2.05, 4.69) is 83.0 Å². The first kappa shape index (κ1) is 24.9. The van der Waals surface area contributed by atoms with Crippen molar-refractivity contribution >= 4 is 40.3 Å². The third kappa shape index (κ3) is 7.39. The lowest BCUT2D eigenvalue weighted by atomic mass is 10.2. The normalized spacial score (nSPS) is 22.9. The molecule has 0 radical (unpaired) electrons. The third-order valence-corrected chi connectivity index (χ3v) is 22.9. The van der Waals surface area contributed by atoms with Crippen molar-refractivity contribution < 1.29 is 16.5 Å². The molecule has 0 aromatic heterocycles. The van der Waals surface area contributed by atoms with Crippen LogP contribution in [0.3, 0.4) is 0 Å². The zero-order valence-corrected chi connectivity index (χ0v) is 23.4. The Hall–Kier alpha value is -0.332. The Bertz CT molecular complexity index is 636. The molecule has 1 aliphatic heterocycles. The summed E-state index contributed by atoms with van der Waals surface area (Å²) in [6.45, 7) is 15.4. The molecule has 0 aliphatic carbocycles. The van der Waals surface area contributed by atoms with Gasteiger partial charge in [0.05, 0.1) is 0 Å². The van der Waals surface area contributed by atoms with Crippen molar-refractivity contribution in [3.05, 3.63) is 41.6 Å². The van der Waals surface area contributed by atoms with Gasteiger partial charge in [0.25, 0.3) is 0 Å². The molecule has 0 atom stereocenters. The Morgan fingerprint density at radius 2 is 1.17 bits per heavy atom. The van der Waals surface area contributed by atoms with Crippen molar-refractivity contribution in [1.29, 1.82) is 0 Å². The summed E-state index contributed by atoms with van der Waals surface area (Å²) in [5, 5.41) is 0. The second kappa shape index (κ2) is 10.3. The molecule has 29 heavy (non-hydrogen) atoms. The Morgan fingerprint density at radius 1 is 0.690 bits per heavy atom. The predicted molar refractivity (Wildman–Crippen MR) is 132 cm³/mol. The van der Waals surface area contributed by atoms with E-state index in [1.165, 1.54) is 5.56 Å². The molecule has 4 nitrogen and oxygen atoms in total. The largest absolute Gasteiger partial charge is 0.416 e. The standard InChI is InChI=1S/C21H40O4Si4/c1-8-17-28(18-9-2)22-26(4,5)24-29(19-10-3,25-27(6,7)23-28)20-16-21-14-12-11-13-15-21/h11-16,20H,8-10,17-19H2,1-7H3. The van der Waals surface area contributed by atoms with E-state index in [-0.39, 0.29) is 0 Å². The fraction of sp³-hybridized carbons (Fsp3) is 0.619. The molecule has 2 rings (SSSR count). The van der Waals surface area contributed by atoms with Crippen LogP contribution in [0.2, 0.25) is 44.3 Å². The average molecular weight is 469 g/mol. The van der Waals surface area contributed by atoms with Crippen LogP contribution in [0.15, 0.2) is 36.0 Å². The highest BCUT2D eigenvalue weighted by molar-refractivity contribution is 6.95. The van der Waals surface area contributed by atoms with E-state index in [0.717, 1.165) is 37.4 Å². The van der Waals surface area contributed by atoms with Gasteiger partial charge in [-0.2, -0.15) is 0 Å². The lowest BCUT2D eigenvalue weighted by Gasteiger charge is -2.49. The van der Waals surface area contributed by atoms with E-state index in [0.29, 0.717) is 0 Å². The van der Waals surface area contributed by atoms with Crippen LogP contribution in [-0.4, -0.2) is 34.2 Å². The van der Waals surface area contributed by atoms with E-state index >= 15 is 0 Å². The van der Waals surface area contributed by atoms with E-state index < -0.39 is 34.2 Å². The van der Waals surface area contributed by atoms with Gasteiger partial charge >= 0.3 is 34.2 Å². The van der Waals surface area contributed by atoms with Crippen LogP contribution in [-0.2, 0) is 16.5 Å². The molecule has 0 N–H and O–H groups in total. The summed E-state index contributed by atoms with van der Waals surface area (Å²) in [5.74, 6) is 0. The number of rotatable bonds is 8. The highest BCUT2D eigenvalue weighted by Crippen LogP contribution is 2.38. The van der Waals surface area contributed by atoms with Crippen molar-refractivity contribution in [2.24, 2.45) is 0 Å². The van der Waals surface area contributed by atoms with E-state index in [9.17, 15) is 0 Å². The van der Waals surface area contributed by atoms with Crippen molar-refractivity contribution in [2.75, 3.05) is 0 Å². The van der Waals surface area contributed by atoms with Crippen LogP contribution >= 0.6 is 0 Å². The van der Waals surface area contributed by atoms with Gasteiger partial charge in [-0.3, -0.25) is 0 Å². The van der Waals surface area contributed by atoms with E-state index in [1.807, 2.05) is 6.07 Å². The Labute approximate surface area is 182 Å². The molecular weight excluding hydrogens is 429 g/mol. The lowest BCUT2D eigenvalue weighted by molar-refractivity contribution is 0.228. The molecule has 1 aromatic carbocycles. The van der Waals surface area contributed by atoms with Crippen LogP contribution in [0.5, 0.6) is 0 Å². The van der Waals surface area contributed by atoms with E-state index in [4.69, 9.17) is 16.5 Å². The zero-order chi connectivity index (χ0) is 21.6. The molecule has 8 heteroatoms. The summed E-state index contributed by atoms with van der Waals surface area (Å²) >= 11 is 0. The average Bonchev–Trinajstić information content (AvgIpc) is 2.59. The van der Waals surface area contributed by atoms with Crippen LogP contribution in [0.4, 0.5) is 0 Å². The minimum atomic E-state index is -2.61. The molecule has 1 fully saturated rings. The van der Waals surface area contributed by atoms with Gasteiger partial charge in [-0.15, -0.1) is 0 Å². The maximum Gasteiger partial charge on any atom is 0.347 e. The number of benzene rings is 1.